The third kappa shape index (κ3) is 4.80. The number of benzene rings is 1. The zero-order chi connectivity index (χ0) is 18.5. The van der Waals surface area contributed by atoms with Crippen molar-refractivity contribution < 1.29 is 4.79 Å². The highest BCUT2D eigenvalue weighted by molar-refractivity contribution is 7.71. The maximum absolute atomic E-state index is 12.5. The second-order valence-corrected chi connectivity index (χ2v) is 7.52. The monoisotopic (exact) mass is 373 g/mol. The Bertz CT molecular complexity index is 789. The molecular weight excluding hydrogens is 346 g/mol. The zero-order valence-electron chi connectivity index (χ0n) is 15.5. The smallest absolute Gasteiger partial charge is 0.240 e. The lowest BCUT2D eigenvalue weighted by atomic mass is 10.1. The molecule has 1 atom stereocenters. The molecule has 1 fully saturated rings. The van der Waals surface area contributed by atoms with E-state index < -0.39 is 0 Å². The van der Waals surface area contributed by atoms with Crippen LogP contribution < -0.4 is 5.32 Å². The summed E-state index contributed by atoms with van der Waals surface area (Å²) in [7, 11) is 0. The molecule has 2 heterocycles. The van der Waals surface area contributed by atoms with E-state index in [1.807, 2.05) is 31.2 Å². The minimum absolute atomic E-state index is 0.0413. The van der Waals surface area contributed by atoms with Crippen LogP contribution in [0.3, 0.4) is 0 Å². The number of H-pyrrole nitrogens is 1. The quantitative estimate of drug-likeness (QED) is 0.764. The Balaban J connectivity index is 1.63. The van der Waals surface area contributed by atoms with Crippen LogP contribution in [0.1, 0.15) is 31.7 Å². The molecule has 0 spiro atoms. The number of nitrogens with zero attached hydrogens (tertiary/aromatic N) is 3. The zero-order valence-corrected chi connectivity index (χ0v) is 16.3. The van der Waals surface area contributed by atoms with Gasteiger partial charge in [0.05, 0.1) is 0 Å². The molecule has 140 valence electrons. The molecule has 1 aromatic heterocycles. The number of piperidine rings is 1. The van der Waals surface area contributed by atoms with Gasteiger partial charge >= 0.3 is 0 Å². The Morgan fingerprint density at radius 1 is 1.27 bits per heavy atom. The van der Waals surface area contributed by atoms with E-state index in [-0.39, 0.29) is 18.5 Å². The van der Waals surface area contributed by atoms with Crippen LogP contribution in [0.2, 0.25) is 0 Å². The molecule has 0 bridgehead atoms. The van der Waals surface area contributed by atoms with Crippen molar-refractivity contribution in [2.45, 2.75) is 45.7 Å². The molecule has 0 saturated carbocycles. The van der Waals surface area contributed by atoms with E-state index >= 15 is 0 Å². The first kappa shape index (κ1) is 18.8. The summed E-state index contributed by atoms with van der Waals surface area (Å²) in [6.07, 6.45) is 3.83. The Labute approximate surface area is 159 Å². The number of carbonyl (C=O) groups is 1. The van der Waals surface area contributed by atoms with Gasteiger partial charge in [-0.25, -0.2) is 0 Å². The molecule has 2 aromatic rings. The van der Waals surface area contributed by atoms with Crippen molar-refractivity contribution in [3.05, 3.63) is 34.6 Å². The normalized spacial score (nSPS) is 16.4. The molecule has 3 rings (SSSR count). The number of hydrogen-bond donors (Lipinski definition) is 2. The number of aromatic amines is 1. The minimum Gasteiger partial charge on any atom is -0.351 e. The molecule has 2 N–H and O–H groups in total. The minimum atomic E-state index is -0.0413. The molecule has 26 heavy (non-hydrogen) atoms. The van der Waals surface area contributed by atoms with E-state index in [0.29, 0.717) is 10.6 Å². The molecule has 1 aliphatic heterocycles. The summed E-state index contributed by atoms with van der Waals surface area (Å²) < 4.78 is 2.21. The van der Waals surface area contributed by atoms with E-state index in [4.69, 9.17) is 12.2 Å². The predicted octanol–water partition coefficient (Wildman–Crippen LogP) is 2.91. The van der Waals surface area contributed by atoms with Crippen LogP contribution in [0.4, 0.5) is 0 Å². The fourth-order valence-electron chi connectivity index (χ4n) is 3.43. The average Bonchev–Trinajstić information content (AvgIpc) is 2.97. The third-order valence-corrected chi connectivity index (χ3v) is 5.07. The van der Waals surface area contributed by atoms with E-state index in [1.54, 1.807) is 4.57 Å². The highest BCUT2D eigenvalue weighted by atomic mass is 32.1. The molecule has 0 unspecified atom stereocenters. The van der Waals surface area contributed by atoms with Gasteiger partial charge in [0.15, 0.2) is 10.6 Å². The summed E-state index contributed by atoms with van der Waals surface area (Å²) in [6.45, 7) is 7.42. The summed E-state index contributed by atoms with van der Waals surface area (Å²) in [4.78, 5) is 14.9. The SMILES string of the molecule is Cc1ccc(-c2n[nH]c(=S)n2CC(=O)N[C@H](C)CN2CCCCC2)cc1. The van der Waals surface area contributed by atoms with Crippen molar-refractivity contribution in [1.29, 1.82) is 0 Å². The van der Waals surface area contributed by atoms with Gasteiger partial charge in [0.25, 0.3) is 0 Å². The second-order valence-electron chi connectivity index (χ2n) is 7.13. The fourth-order valence-corrected chi connectivity index (χ4v) is 3.62. The van der Waals surface area contributed by atoms with Gasteiger partial charge < -0.3 is 10.2 Å². The number of likely N-dealkylation sites (tertiary alicyclic amines) is 1. The molecule has 7 heteroatoms. The Morgan fingerprint density at radius 2 is 1.96 bits per heavy atom. The van der Waals surface area contributed by atoms with Crippen molar-refractivity contribution >= 4 is 18.1 Å². The predicted molar refractivity (Wildman–Crippen MR) is 105 cm³/mol. The fraction of sp³-hybridized carbons (Fsp3) is 0.526. The van der Waals surface area contributed by atoms with Crippen molar-refractivity contribution in [1.82, 2.24) is 25.0 Å². The first-order valence-corrected chi connectivity index (χ1v) is 9.68. The van der Waals surface area contributed by atoms with Gasteiger partial charge in [0.2, 0.25) is 5.91 Å². The standard InChI is InChI=1S/C19H27N5OS/c1-14-6-8-16(9-7-14)18-21-22-19(26)24(18)13-17(25)20-15(2)12-23-10-4-3-5-11-23/h6-9,15H,3-5,10-13H2,1-2H3,(H,20,25)(H,22,26)/t15-/m1/s1. The third-order valence-electron chi connectivity index (χ3n) is 4.76. The number of aromatic nitrogens is 3. The first-order valence-electron chi connectivity index (χ1n) is 9.27. The molecule has 1 amide bonds. The number of hydrogen-bond acceptors (Lipinski definition) is 4. The lowest BCUT2D eigenvalue weighted by Gasteiger charge is -2.29. The summed E-state index contributed by atoms with van der Waals surface area (Å²) in [6, 6.07) is 8.15. The number of aryl methyl sites for hydroxylation is 1. The highest BCUT2D eigenvalue weighted by Crippen LogP contribution is 2.18. The van der Waals surface area contributed by atoms with Crippen molar-refractivity contribution in [2.24, 2.45) is 0 Å². The molecule has 1 saturated heterocycles. The largest absolute Gasteiger partial charge is 0.351 e. The Kier molecular flexibility index (Phi) is 6.21. The Morgan fingerprint density at radius 3 is 2.65 bits per heavy atom. The molecule has 0 radical (unpaired) electrons. The maximum atomic E-state index is 12.5. The van der Waals surface area contributed by atoms with Crippen molar-refractivity contribution in [3.8, 4) is 11.4 Å². The van der Waals surface area contributed by atoms with Crippen LogP contribution in [0, 0.1) is 11.7 Å². The van der Waals surface area contributed by atoms with Gasteiger partial charge in [-0.15, -0.1) is 0 Å². The van der Waals surface area contributed by atoms with Gasteiger partial charge in [-0.3, -0.25) is 14.5 Å². The van der Waals surface area contributed by atoms with Gasteiger partial charge in [-0.05, 0) is 52.0 Å². The van der Waals surface area contributed by atoms with Gasteiger partial charge in [-0.1, -0.05) is 36.2 Å². The van der Waals surface area contributed by atoms with Crippen LogP contribution >= 0.6 is 12.2 Å². The van der Waals surface area contributed by atoms with E-state index in [0.717, 1.165) is 25.2 Å². The lowest BCUT2D eigenvalue weighted by molar-refractivity contribution is -0.122. The van der Waals surface area contributed by atoms with Gasteiger partial charge in [-0.2, -0.15) is 5.10 Å². The number of amides is 1. The average molecular weight is 374 g/mol. The molecular formula is C19H27N5OS. The van der Waals surface area contributed by atoms with Crippen LogP contribution in [0.5, 0.6) is 0 Å². The van der Waals surface area contributed by atoms with Crippen LogP contribution in [-0.2, 0) is 11.3 Å². The molecule has 1 aliphatic rings. The number of nitrogens with one attached hydrogen (secondary N) is 2. The van der Waals surface area contributed by atoms with E-state index in [9.17, 15) is 4.79 Å². The van der Waals surface area contributed by atoms with Crippen molar-refractivity contribution in [3.63, 3.8) is 0 Å². The van der Waals surface area contributed by atoms with Crippen LogP contribution in [0.25, 0.3) is 11.4 Å². The number of rotatable bonds is 6. The Hall–Kier alpha value is -1.99. The summed E-state index contributed by atoms with van der Waals surface area (Å²) in [5, 5.41) is 10.2. The van der Waals surface area contributed by atoms with Crippen LogP contribution in [0.15, 0.2) is 24.3 Å². The molecule has 0 aliphatic carbocycles. The number of carbonyl (C=O) groups excluding carboxylic acids is 1. The summed E-state index contributed by atoms with van der Waals surface area (Å²) in [5.41, 5.74) is 2.12. The topological polar surface area (TPSA) is 66.0 Å². The van der Waals surface area contributed by atoms with Gasteiger partial charge in [0, 0.05) is 18.2 Å². The highest BCUT2D eigenvalue weighted by Gasteiger charge is 2.17. The first-order chi connectivity index (χ1) is 12.5. The van der Waals surface area contributed by atoms with Gasteiger partial charge in [0.1, 0.15) is 6.54 Å². The van der Waals surface area contributed by atoms with Crippen molar-refractivity contribution in [2.75, 3.05) is 19.6 Å². The summed E-state index contributed by atoms with van der Waals surface area (Å²) >= 11 is 5.32. The van der Waals surface area contributed by atoms with E-state index in [2.05, 4.69) is 27.3 Å². The summed E-state index contributed by atoms with van der Waals surface area (Å²) in [5.74, 6) is 0.647. The molecule has 6 nitrogen and oxygen atoms in total. The maximum Gasteiger partial charge on any atom is 0.240 e. The van der Waals surface area contributed by atoms with Crippen LogP contribution in [-0.4, -0.2) is 51.2 Å². The van der Waals surface area contributed by atoms with E-state index in [1.165, 1.54) is 24.8 Å². The molecule has 1 aromatic carbocycles. The lowest BCUT2D eigenvalue weighted by Crippen LogP contribution is -2.44. The second kappa shape index (κ2) is 8.60.